The topological polar surface area (TPSA) is 118 Å². The summed E-state index contributed by atoms with van der Waals surface area (Å²) in [4.78, 5) is 18.8. The molecule has 2 aromatic rings. The van der Waals surface area contributed by atoms with Crippen LogP contribution in [0, 0.1) is 5.92 Å². The number of ether oxygens (including phenoxy) is 1. The number of aliphatic hydroxyl groups excluding tert-OH is 1. The number of hydrogen-bond donors (Lipinski definition) is 3. The van der Waals surface area contributed by atoms with Crippen molar-refractivity contribution in [2.75, 3.05) is 13.2 Å². The van der Waals surface area contributed by atoms with Crippen LogP contribution in [-0.2, 0) is 11.2 Å². The second-order valence-corrected chi connectivity index (χ2v) is 7.89. The number of imidazole rings is 1. The third kappa shape index (κ3) is 4.41. The van der Waals surface area contributed by atoms with Crippen molar-refractivity contribution < 1.29 is 14.6 Å². The van der Waals surface area contributed by atoms with E-state index in [4.69, 9.17) is 4.74 Å². The molecule has 2 aromatic heterocycles. The Kier molecular flexibility index (Phi) is 6.01. The van der Waals surface area contributed by atoms with Gasteiger partial charge >= 0.3 is 0 Å². The number of carbonyl (C=O) groups is 1. The van der Waals surface area contributed by atoms with Crippen LogP contribution in [0.25, 0.3) is 0 Å². The Bertz CT molecular complexity index is 756. The average molecular weight is 388 g/mol. The van der Waals surface area contributed by atoms with Gasteiger partial charge in [-0.15, -0.1) is 5.10 Å². The lowest BCUT2D eigenvalue weighted by Gasteiger charge is -2.21. The van der Waals surface area contributed by atoms with Crippen LogP contribution in [0.15, 0.2) is 18.7 Å². The molecule has 3 heterocycles. The summed E-state index contributed by atoms with van der Waals surface area (Å²) < 4.78 is 7.74. The van der Waals surface area contributed by atoms with Crippen LogP contribution in [0.4, 0.5) is 0 Å². The van der Waals surface area contributed by atoms with E-state index in [2.05, 4.69) is 25.6 Å². The molecule has 1 saturated carbocycles. The Balaban J connectivity index is 1.32. The SMILES string of the molecule is O=C(N[C@@H](CO)[C@@H]1C[C@@H](n2cc(CC3CCCCC3)nn2)CO1)c1cnc[nH]1. The number of carbonyl (C=O) groups excluding carboxylic acids is 1. The number of rotatable bonds is 7. The molecule has 9 heteroatoms. The van der Waals surface area contributed by atoms with Gasteiger partial charge < -0.3 is 20.1 Å². The van der Waals surface area contributed by atoms with Crippen molar-refractivity contribution in [3.05, 3.63) is 30.1 Å². The van der Waals surface area contributed by atoms with Gasteiger partial charge in [0, 0.05) is 12.6 Å². The van der Waals surface area contributed by atoms with Gasteiger partial charge in [-0.2, -0.15) is 0 Å². The zero-order valence-corrected chi connectivity index (χ0v) is 16.0. The fourth-order valence-corrected chi connectivity index (χ4v) is 4.26. The highest BCUT2D eigenvalue weighted by Gasteiger charge is 2.34. The lowest BCUT2D eigenvalue weighted by atomic mass is 9.86. The van der Waals surface area contributed by atoms with Crippen LogP contribution in [0.5, 0.6) is 0 Å². The van der Waals surface area contributed by atoms with Crippen molar-refractivity contribution in [3.63, 3.8) is 0 Å². The number of hydrogen-bond acceptors (Lipinski definition) is 6. The van der Waals surface area contributed by atoms with Crippen LogP contribution in [0.1, 0.15) is 60.7 Å². The predicted octanol–water partition coefficient (Wildman–Crippen LogP) is 1.24. The summed E-state index contributed by atoms with van der Waals surface area (Å²) in [6.45, 7) is 0.300. The molecule has 28 heavy (non-hydrogen) atoms. The Labute approximate surface area is 163 Å². The maximum absolute atomic E-state index is 12.2. The lowest BCUT2D eigenvalue weighted by molar-refractivity contribution is 0.0489. The molecule has 4 rings (SSSR count). The normalized spacial score (nSPS) is 24.3. The van der Waals surface area contributed by atoms with Gasteiger partial charge in [-0.05, 0) is 12.3 Å². The molecule has 0 spiro atoms. The Morgan fingerprint density at radius 3 is 3.00 bits per heavy atom. The van der Waals surface area contributed by atoms with Gasteiger partial charge in [0.15, 0.2) is 0 Å². The van der Waals surface area contributed by atoms with E-state index in [0.717, 1.165) is 18.0 Å². The summed E-state index contributed by atoms with van der Waals surface area (Å²) >= 11 is 0. The molecule has 2 aliphatic rings. The van der Waals surface area contributed by atoms with E-state index in [-0.39, 0.29) is 24.7 Å². The predicted molar refractivity (Wildman–Crippen MR) is 101 cm³/mol. The van der Waals surface area contributed by atoms with Crippen LogP contribution >= 0.6 is 0 Å². The van der Waals surface area contributed by atoms with E-state index in [1.807, 2.05) is 10.9 Å². The molecule has 0 bridgehead atoms. The summed E-state index contributed by atoms with van der Waals surface area (Å²) in [5.41, 5.74) is 1.40. The van der Waals surface area contributed by atoms with E-state index in [0.29, 0.717) is 18.7 Å². The van der Waals surface area contributed by atoms with Gasteiger partial charge in [0.2, 0.25) is 0 Å². The number of nitrogens with one attached hydrogen (secondary N) is 2. The Morgan fingerprint density at radius 2 is 2.25 bits per heavy atom. The molecule has 1 aliphatic heterocycles. The number of amides is 1. The van der Waals surface area contributed by atoms with Gasteiger partial charge in [-0.3, -0.25) is 4.79 Å². The van der Waals surface area contributed by atoms with Crippen molar-refractivity contribution in [1.82, 2.24) is 30.3 Å². The van der Waals surface area contributed by atoms with Crippen LogP contribution < -0.4 is 5.32 Å². The first kappa shape index (κ1) is 19.1. The van der Waals surface area contributed by atoms with Crippen LogP contribution in [0.3, 0.4) is 0 Å². The van der Waals surface area contributed by atoms with Gasteiger partial charge in [-0.25, -0.2) is 9.67 Å². The van der Waals surface area contributed by atoms with Crippen molar-refractivity contribution in [3.8, 4) is 0 Å². The summed E-state index contributed by atoms with van der Waals surface area (Å²) in [6, 6.07) is -0.415. The van der Waals surface area contributed by atoms with Gasteiger partial charge in [0.1, 0.15) is 5.69 Å². The first-order valence-corrected chi connectivity index (χ1v) is 10.2. The zero-order valence-electron chi connectivity index (χ0n) is 16.0. The highest BCUT2D eigenvalue weighted by atomic mass is 16.5. The molecular weight excluding hydrogens is 360 g/mol. The minimum Gasteiger partial charge on any atom is -0.394 e. The average Bonchev–Trinajstić information content (AvgIpc) is 3.48. The second-order valence-electron chi connectivity index (χ2n) is 7.89. The summed E-state index contributed by atoms with van der Waals surface area (Å²) in [7, 11) is 0. The number of aromatic amines is 1. The molecule has 3 atom stereocenters. The summed E-state index contributed by atoms with van der Waals surface area (Å²) in [5.74, 6) is 0.419. The zero-order chi connectivity index (χ0) is 19.3. The smallest absolute Gasteiger partial charge is 0.269 e. The maximum Gasteiger partial charge on any atom is 0.269 e. The van der Waals surface area contributed by atoms with E-state index in [9.17, 15) is 9.90 Å². The number of H-pyrrole nitrogens is 1. The van der Waals surface area contributed by atoms with Crippen molar-refractivity contribution >= 4 is 5.91 Å². The molecule has 1 aliphatic carbocycles. The van der Waals surface area contributed by atoms with E-state index >= 15 is 0 Å². The molecule has 152 valence electrons. The quantitative estimate of drug-likeness (QED) is 0.657. The molecule has 0 radical (unpaired) electrons. The summed E-state index contributed by atoms with van der Waals surface area (Å²) in [6.07, 6.45) is 12.9. The maximum atomic E-state index is 12.2. The fraction of sp³-hybridized carbons (Fsp3) is 0.684. The minimum absolute atomic E-state index is 0.0655. The summed E-state index contributed by atoms with van der Waals surface area (Å²) in [5, 5.41) is 21.2. The standard InChI is InChI=1S/C19H28N6O3/c26-10-17(22-19(27)16-8-20-12-21-16)18-7-15(11-28-18)25-9-14(23-24-25)6-13-4-2-1-3-5-13/h8-9,12-13,15,17-18,26H,1-7,10-11H2,(H,20,21)(H,22,27)/t15-,17+,18+/m1/s1. The van der Waals surface area contributed by atoms with E-state index in [1.54, 1.807) is 0 Å². The molecule has 1 saturated heterocycles. The second kappa shape index (κ2) is 8.83. The molecule has 3 N–H and O–H groups in total. The van der Waals surface area contributed by atoms with Crippen LogP contribution in [-0.4, -0.2) is 61.3 Å². The van der Waals surface area contributed by atoms with Crippen molar-refractivity contribution in [2.24, 2.45) is 5.92 Å². The van der Waals surface area contributed by atoms with Crippen molar-refractivity contribution in [2.45, 2.75) is 63.1 Å². The molecule has 0 aromatic carbocycles. The lowest BCUT2D eigenvalue weighted by Crippen LogP contribution is -2.45. The fourth-order valence-electron chi connectivity index (χ4n) is 4.26. The molecular formula is C19H28N6O3. The Hall–Kier alpha value is -2.26. The molecule has 2 fully saturated rings. The van der Waals surface area contributed by atoms with E-state index in [1.165, 1.54) is 44.6 Å². The monoisotopic (exact) mass is 388 g/mol. The highest BCUT2D eigenvalue weighted by molar-refractivity contribution is 5.92. The van der Waals surface area contributed by atoms with Gasteiger partial charge in [-0.1, -0.05) is 37.3 Å². The molecule has 0 unspecified atom stereocenters. The Morgan fingerprint density at radius 1 is 1.39 bits per heavy atom. The van der Waals surface area contributed by atoms with Crippen molar-refractivity contribution in [1.29, 1.82) is 0 Å². The van der Waals surface area contributed by atoms with Gasteiger partial charge in [0.25, 0.3) is 5.91 Å². The third-order valence-electron chi connectivity index (χ3n) is 5.87. The first-order valence-electron chi connectivity index (χ1n) is 10.2. The number of aliphatic hydroxyl groups is 1. The highest BCUT2D eigenvalue weighted by Crippen LogP contribution is 2.28. The van der Waals surface area contributed by atoms with Crippen LogP contribution in [0.2, 0.25) is 0 Å². The largest absolute Gasteiger partial charge is 0.394 e. The first-order chi connectivity index (χ1) is 13.7. The molecule has 9 nitrogen and oxygen atoms in total. The minimum atomic E-state index is -0.481. The molecule has 1 amide bonds. The number of nitrogens with zero attached hydrogens (tertiary/aromatic N) is 4. The number of aromatic nitrogens is 5. The third-order valence-corrected chi connectivity index (χ3v) is 5.87. The van der Waals surface area contributed by atoms with Gasteiger partial charge in [0.05, 0.1) is 49.6 Å². The van der Waals surface area contributed by atoms with E-state index < -0.39 is 6.04 Å².